The lowest BCUT2D eigenvalue weighted by Gasteiger charge is -2.30. The maximum atomic E-state index is 13.2. The van der Waals surface area contributed by atoms with Gasteiger partial charge in [0.15, 0.2) is 0 Å². The number of ether oxygens (including phenoxy) is 2. The average Bonchev–Trinajstić information content (AvgIpc) is 3.02. The number of amides is 1. The number of rotatable bonds is 4. The molecule has 0 radical (unpaired) electrons. The Labute approximate surface area is 172 Å². The molecule has 0 aliphatic carbocycles. The summed E-state index contributed by atoms with van der Waals surface area (Å²) < 4.78 is 64.3. The van der Waals surface area contributed by atoms with E-state index in [0.717, 1.165) is 10.5 Å². The van der Waals surface area contributed by atoms with Crippen molar-refractivity contribution in [1.29, 1.82) is 0 Å². The fourth-order valence-electron chi connectivity index (χ4n) is 2.88. The number of aryl methyl sites for hydroxylation is 1. The van der Waals surface area contributed by atoms with Gasteiger partial charge >= 0.3 is 12.6 Å². The Morgan fingerprint density at radius 1 is 1.33 bits per heavy atom. The minimum Gasteiger partial charge on any atom is -0.489 e. The molecule has 0 spiro atoms. The standard InChI is InChI=1S/C18H22F2N4O5S/c1-11-15(10-23(22-11)16(19)20)30(26,27)24-7-8-28-14-6-5-12(9-13(14)24)21-17(25)29-18(2,3)4/h5-6,9-10,16H,7-8H2,1-4H3,(H,21,25). The van der Waals surface area contributed by atoms with Crippen LogP contribution in [0.4, 0.5) is 25.0 Å². The predicted octanol–water partition coefficient (Wildman–Crippen LogP) is 3.52. The zero-order chi connectivity index (χ0) is 22.3. The number of alkyl halides is 2. The summed E-state index contributed by atoms with van der Waals surface area (Å²) in [4.78, 5) is 11.7. The first kappa shape index (κ1) is 21.8. The highest BCUT2D eigenvalue weighted by Gasteiger charge is 2.33. The lowest BCUT2D eigenvalue weighted by Crippen LogP contribution is -2.38. The fraction of sp³-hybridized carbons (Fsp3) is 0.444. The third-order valence-corrected chi connectivity index (χ3v) is 5.98. The largest absolute Gasteiger partial charge is 0.489 e. The molecule has 1 N–H and O–H groups in total. The van der Waals surface area contributed by atoms with Crippen LogP contribution in [0.1, 0.15) is 33.0 Å². The Morgan fingerprint density at radius 2 is 2.03 bits per heavy atom. The van der Waals surface area contributed by atoms with Gasteiger partial charge in [-0.15, -0.1) is 0 Å². The van der Waals surface area contributed by atoms with Crippen molar-refractivity contribution in [1.82, 2.24) is 9.78 Å². The number of anilines is 2. The van der Waals surface area contributed by atoms with Gasteiger partial charge in [-0.2, -0.15) is 13.9 Å². The van der Waals surface area contributed by atoms with E-state index in [4.69, 9.17) is 9.47 Å². The quantitative estimate of drug-likeness (QED) is 0.774. The second kappa shape index (κ2) is 7.74. The van der Waals surface area contributed by atoms with Gasteiger partial charge in [-0.05, 0) is 45.9 Å². The van der Waals surface area contributed by atoms with Crippen LogP contribution in [-0.2, 0) is 14.8 Å². The summed E-state index contributed by atoms with van der Waals surface area (Å²) in [6.07, 6.45) is 0.0930. The number of benzene rings is 1. The number of carbonyl (C=O) groups excluding carboxylic acids is 1. The van der Waals surface area contributed by atoms with Crippen molar-refractivity contribution < 1.29 is 31.5 Å². The molecule has 1 aromatic heterocycles. The Kier molecular flexibility index (Phi) is 5.63. The maximum Gasteiger partial charge on any atom is 0.412 e. The van der Waals surface area contributed by atoms with Crippen molar-refractivity contribution in [3.05, 3.63) is 30.1 Å². The van der Waals surface area contributed by atoms with Gasteiger partial charge in [-0.3, -0.25) is 9.62 Å². The molecule has 1 amide bonds. The van der Waals surface area contributed by atoms with Crippen LogP contribution in [0.15, 0.2) is 29.3 Å². The summed E-state index contributed by atoms with van der Waals surface area (Å²) in [5.41, 5.74) is -0.307. The number of fused-ring (bicyclic) bond motifs is 1. The van der Waals surface area contributed by atoms with Gasteiger partial charge in [0.1, 0.15) is 22.9 Å². The third kappa shape index (κ3) is 4.48. The van der Waals surface area contributed by atoms with Gasteiger partial charge in [-0.1, -0.05) is 0 Å². The Hall–Kier alpha value is -2.89. The zero-order valence-electron chi connectivity index (χ0n) is 16.8. The van der Waals surface area contributed by atoms with Crippen LogP contribution in [0.5, 0.6) is 5.75 Å². The van der Waals surface area contributed by atoms with Gasteiger partial charge in [0.05, 0.1) is 24.1 Å². The molecule has 0 fully saturated rings. The highest BCUT2D eigenvalue weighted by molar-refractivity contribution is 7.92. The summed E-state index contributed by atoms with van der Waals surface area (Å²) in [5, 5.41) is 6.11. The Morgan fingerprint density at radius 3 is 2.63 bits per heavy atom. The number of halogens is 2. The zero-order valence-corrected chi connectivity index (χ0v) is 17.7. The molecule has 0 bridgehead atoms. The Balaban J connectivity index is 1.95. The SMILES string of the molecule is Cc1nn(C(F)F)cc1S(=O)(=O)N1CCOc2ccc(NC(=O)OC(C)(C)C)cc21. The molecule has 1 aliphatic heterocycles. The topological polar surface area (TPSA) is 103 Å². The van der Waals surface area contributed by atoms with Gasteiger partial charge < -0.3 is 9.47 Å². The van der Waals surface area contributed by atoms with Crippen molar-refractivity contribution in [2.75, 3.05) is 22.8 Å². The second-order valence-corrected chi connectivity index (χ2v) is 9.40. The molecular weight excluding hydrogens is 422 g/mol. The third-order valence-electron chi connectivity index (χ3n) is 4.06. The van der Waals surface area contributed by atoms with E-state index in [9.17, 15) is 22.0 Å². The highest BCUT2D eigenvalue weighted by atomic mass is 32.2. The Bertz CT molecular complexity index is 1060. The van der Waals surface area contributed by atoms with Gasteiger partial charge in [0, 0.05) is 5.69 Å². The summed E-state index contributed by atoms with van der Waals surface area (Å²) in [6, 6.07) is 4.47. The van der Waals surface area contributed by atoms with E-state index in [0.29, 0.717) is 4.68 Å². The van der Waals surface area contributed by atoms with Crippen LogP contribution in [0.25, 0.3) is 0 Å². The first-order chi connectivity index (χ1) is 13.9. The van der Waals surface area contributed by atoms with Crippen LogP contribution in [0.3, 0.4) is 0 Å². The molecule has 0 saturated heterocycles. The van der Waals surface area contributed by atoms with Crippen molar-refractivity contribution in [3.8, 4) is 5.75 Å². The fourth-order valence-corrected chi connectivity index (χ4v) is 4.49. The van der Waals surface area contributed by atoms with Crippen molar-refractivity contribution in [3.63, 3.8) is 0 Å². The number of nitrogens with one attached hydrogen (secondary N) is 1. The number of nitrogens with zero attached hydrogens (tertiary/aromatic N) is 3. The molecule has 1 aliphatic rings. The molecule has 2 heterocycles. The predicted molar refractivity (Wildman–Crippen MR) is 105 cm³/mol. The molecule has 2 aromatic rings. The van der Waals surface area contributed by atoms with Crippen molar-refractivity contribution in [2.24, 2.45) is 0 Å². The lowest BCUT2D eigenvalue weighted by molar-refractivity contribution is 0.0560. The summed E-state index contributed by atoms with van der Waals surface area (Å²) in [6.45, 7) is 3.55. The molecule has 12 heteroatoms. The van der Waals surface area contributed by atoms with Gasteiger partial charge in [0.2, 0.25) is 0 Å². The number of hydrogen-bond acceptors (Lipinski definition) is 6. The van der Waals surface area contributed by atoms with E-state index in [-0.39, 0.29) is 40.9 Å². The molecule has 30 heavy (non-hydrogen) atoms. The first-order valence-electron chi connectivity index (χ1n) is 9.02. The van der Waals surface area contributed by atoms with E-state index in [2.05, 4.69) is 10.4 Å². The normalized spacial score (nSPS) is 14.3. The van der Waals surface area contributed by atoms with Crippen LogP contribution in [0.2, 0.25) is 0 Å². The molecule has 0 unspecified atom stereocenters. The second-order valence-electron chi connectivity index (χ2n) is 7.57. The first-order valence-corrected chi connectivity index (χ1v) is 10.5. The summed E-state index contributed by atoms with van der Waals surface area (Å²) >= 11 is 0. The van der Waals surface area contributed by atoms with Gasteiger partial charge in [-0.25, -0.2) is 17.9 Å². The number of carbonyl (C=O) groups is 1. The molecule has 9 nitrogen and oxygen atoms in total. The van der Waals surface area contributed by atoms with E-state index in [1.807, 2.05) is 0 Å². The number of hydrogen-bond donors (Lipinski definition) is 1. The highest BCUT2D eigenvalue weighted by Crippen LogP contribution is 2.38. The molecule has 1 aromatic carbocycles. The van der Waals surface area contributed by atoms with E-state index < -0.39 is 28.3 Å². The monoisotopic (exact) mass is 444 g/mol. The minimum absolute atomic E-state index is 0.0372. The molecule has 3 rings (SSSR count). The summed E-state index contributed by atoms with van der Waals surface area (Å²) in [7, 11) is -4.20. The minimum atomic E-state index is -4.20. The number of sulfonamides is 1. The van der Waals surface area contributed by atoms with Crippen LogP contribution in [0, 0.1) is 6.92 Å². The maximum absolute atomic E-state index is 13.2. The average molecular weight is 444 g/mol. The molecule has 0 saturated carbocycles. The summed E-state index contributed by atoms with van der Waals surface area (Å²) in [5.74, 6) is 0.276. The number of aromatic nitrogens is 2. The van der Waals surface area contributed by atoms with Crippen molar-refractivity contribution in [2.45, 2.75) is 44.7 Å². The lowest BCUT2D eigenvalue weighted by atomic mass is 10.2. The van der Waals surface area contributed by atoms with Crippen molar-refractivity contribution >= 4 is 27.5 Å². The van der Waals surface area contributed by atoms with Gasteiger partial charge in [0.25, 0.3) is 10.0 Å². The molecular formula is C18H22F2N4O5S. The smallest absolute Gasteiger partial charge is 0.412 e. The van der Waals surface area contributed by atoms with Crippen LogP contribution < -0.4 is 14.4 Å². The van der Waals surface area contributed by atoms with Crippen LogP contribution >= 0.6 is 0 Å². The van der Waals surface area contributed by atoms with E-state index in [1.165, 1.54) is 19.1 Å². The van der Waals surface area contributed by atoms with Crippen LogP contribution in [-0.4, -0.2) is 43.0 Å². The molecule has 0 atom stereocenters. The van der Waals surface area contributed by atoms with E-state index >= 15 is 0 Å². The molecule has 164 valence electrons. The van der Waals surface area contributed by atoms with E-state index in [1.54, 1.807) is 26.8 Å².